The smallest absolute Gasteiger partial charge is 0.251 e. The number of amides is 1. The molecule has 4 nitrogen and oxygen atoms in total. The molecule has 1 aliphatic rings. The predicted molar refractivity (Wildman–Crippen MR) is 84.0 cm³/mol. The third-order valence-corrected chi connectivity index (χ3v) is 3.87. The normalized spacial score (nSPS) is 16.4. The summed E-state index contributed by atoms with van der Waals surface area (Å²) in [5, 5.41) is 6.31. The van der Waals surface area contributed by atoms with Gasteiger partial charge in [0.1, 0.15) is 0 Å². The Kier molecular flexibility index (Phi) is 5.27. The van der Waals surface area contributed by atoms with E-state index in [4.69, 9.17) is 5.73 Å². The van der Waals surface area contributed by atoms with E-state index in [0.29, 0.717) is 23.8 Å². The molecule has 0 bridgehead atoms. The number of carbonyl (C=O) groups is 1. The van der Waals surface area contributed by atoms with Crippen molar-refractivity contribution in [1.82, 2.24) is 5.32 Å². The molecule has 0 aromatic heterocycles. The van der Waals surface area contributed by atoms with Crippen molar-refractivity contribution in [3.8, 4) is 0 Å². The lowest BCUT2D eigenvalue weighted by Gasteiger charge is -2.19. The first-order valence-electron chi connectivity index (χ1n) is 7.65. The Morgan fingerprint density at radius 1 is 1.25 bits per heavy atom. The average molecular weight is 275 g/mol. The monoisotopic (exact) mass is 275 g/mol. The van der Waals surface area contributed by atoms with Crippen LogP contribution in [0.3, 0.4) is 0 Å². The van der Waals surface area contributed by atoms with Crippen LogP contribution in [0.5, 0.6) is 0 Å². The van der Waals surface area contributed by atoms with Gasteiger partial charge in [0.2, 0.25) is 0 Å². The summed E-state index contributed by atoms with van der Waals surface area (Å²) in [6.07, 6.45) is 7.66. The Bertz CT molecular complexity index is 451. The van der Waals surface area contributed by atoms with Crippen LogP contribution in [0.1, 0.15) is 55.8 Å². The maximum Gasteiger partial charge on any atom is 0.251 e. The lowest BCUT2D eigenvalue weighted by atomic mass is 10.1. The predicted octanol–water partition coefficient (Wildman–Crippen LogP) is 3.15. The highest BCUT2D eigenvalue weighted by Gasteiger charge is 2.14. The van der Waals surface area contributed by atoms with Gasteiger partial charge >= 0.3 is 0 Å². The molecule has 0 unspecified atom stereocenters. The van der Waals surface area contributed by atoms with E-state index in [-0.39, 0.29) is 5.91 Å². The second-order valence-electron chi connectivity index (χ2n) is 5.49. The SMILES string of the molecule is CCNC(=O)c1ccc(NC2CCCCCC2)c(N)c1. The Morgan fingerprint density at radius 3 is 2.55 bits per heavy atom. The molecule has 20 heavy (non-hydrogen) atoms. The minimum absolute atomic E-state index is 0.0692. The molecular formula is C16H25N3O. The number of rotatable bonds is 4. The van der Waals surface area contributed by atoms with Crippen molar-refractivity contribution in [1.29, 1.82) is 0 Å². The highest BCUT2D eigenvalue weighted by molar-refractivity contribution is 5.96. The fraction of sp³-hybridized carbons (Fsp3) is 0.562. The molecule has 1 saturated carbocycles. The zero-order chi connectivity index (χ0) is 14.4. The molecule has 0 spiro atoms. The number of hydrogen-bond acceptors (Lipinski definition) is 3. The summed E-state index contributed by atoms with van der Waals surface area (Å²) in [5.74, 6) is -0.0692. The molecule has 1 fully saturated rings. The van der Waals surface area contributed by atoms with Gasteiger partial charge in [-0.05, 0) is 38.0 Å². The third-order valence-electron chi connectivity index (χ3n) is 3.87. The van der Waals surface area contributed by atoms with Crippen molar-refractivity contribution in [2.75, 3.05) is 17.6 Å². The quantitative estimate of drug-likeness (QED) is 0.584. The van der Waals surface area contributed by atoms with Crippen LogP contribution in [0.15, 0.2) is 18.2 Å². The van der Waals surface area contributed by atoms with Gasteiger partial charge in [-0.3, -0.25) is 4.79 Å². The molecule has 110 valence electrons. The van der Waals surface area contributed by atoms with Gasteiger partial charge in [-0.25, -0.2) is 0 Å². The van der Waals surface area contributed by atoms with Gasteiger partial charge in [0, 0.05) is 18.2 Å². The highest BCUT2D eigenvalue weighted by atomic mass is 16.1. The Morgan fingerprint density at radius 2 is 1.95 bits per heavy atom. The molecule has 0 saturated heterocycles. The van der Waals surface area contributed by atoms with Gasteiger partial charge in [0.25, 0.3) is 5.91 Å². The summed E-state index contributed by atoms with van der Waals surface area (Å²) >= 11 is 0. The standard InChI is InChI=1S/C16H25N3O/c1-2-18-16(20)12-9-10-15(14(17)11-12)19-13-7-5-3-4-6-8-13/h9-11,13,19H,2-8,17H2,1H3,(H,18,20). The molecular weight excluding hydrogens is 250 g/mol. The Balaban J connectivity index is 2.03. The second kappa shape index (κ2) is 7.17. The van der Waals surface area contributed by atoms with Crippen molar-refractivity contribution in [2.45, 2.75) is 51.5 Å². The van der Waals surface area contributed by atoms with Crippen LogP contribution in [0, 0.1) is 0 Å². The molecule has 4 N–H and O–H groups in total. The number of carbonyl (C=O) groups excluding carboxylic acids is 1. The fourth-order valence-electron chi connectivity index (χ4n) is 2.74. The summed E-state index contributed by atoms with van der Waals surface area (Å²) < 4.78 is 0. The minimum atomic E-state index is -0.0692. The topological polar surface area (TPSA) is 67.2 Å². The van der Waals surface area contributed by atoms with Gasteiger partial charge in [-0.2, -0.15) is 0 Å². The molecule has 1 aliphatic carbocycles. The maximum absolute atomic E-state index is 11.8. The van der Waals surface area contributed by atoms with Crippen LogP contribution >= 0.6 is 0 Å². The zero-order valence-electron chi connectivity index (χ0n) is 12.2. The van der Waals surface area contributed by atoms with Crippen LogP contribution in [-0.4, -0.2) is 18.5 Å². The lowest BCUT2D eigenvalue weighted by molar-refractivity contribution is 0.0956. The summed E-state index contributed by atoms with van der Waals surface area (Å²) in [6, 6.07) is 6.02. The first kappa shape index (κ1) is 14.7. The molecule has 0 atom stereocenters. The maximum atomic E-state index is 11.8. The van der Waals surface area contributed by atoms with E-state index in [1.807, 2.05) is 19.1 Å². The molecule has 4 heteroatoms. The van der Waals surface area contributed by atoms with E-state index in [1.54, 1.807) is 6.07 Å². The van der Waals surface area contributed by atoms with Gasteiger partial charge in [0.05, 0.1) is 11.4 Å². The molecule has 1 aromatic rings. The molecule has 1 aromatic carbocycles. The number of nitrogens with two attached hydrogens (primary N) is 1. The summed E-state index contributed by atoms with van der Waals surface area (Å²) in [6.45, 7) is 2.53. The average Bonchev–Trinajstić information content (AvgIpc) is 2.70. The third kappa shape index (κ3) is 3.89. The summed E-state index contributed by atoms with van der Waals surface area (Å²) in [7, 11) is 0. The van der Waals surface area contributed by atoms with Crippen LogP contribution in [0.4, 0.5) is 11.4 Å². The van der Waals surface area contributed by atoms with Crippen LogP contribution in [-0.2, 0) is 0 Å². The van der Waals surface area contributed by atoms with Crippen LogP contribution in [0.2, 0.25) is 0 Å². The second-order valence-corrected chi connectivity index (χ2v) is 5.49. The Labute approximate surface area is 121 Å². The van der Waals surface area contributed by atoms with Crippen LogP contribution < -0.4 is 16.4 Å². The van der Waals surface area contributed by atoms with Crippen LogP contribution in [0.25, 0.3) is 0 Å². The van der Waals surface area contributed by atoms with Gasteiger partial charge in [-0.15, -0.1) is 0 Å². The molecule has 0 radical (unpaired) electrons. The van der Waals surface area contributed by atoms with E-state index in [9.17, 15) is 4.79 Å². The van der Waals surface area contributed by atoms with E-state index >= 15 is 0 Å². The lowest BCUT2D eigenvalue weighted by Crippen LogP contribution is -2.23. The van der Waals surface area contributed by atoms with Gasteiger partial charge in [0.15, 0.2) is 0 Å². The van der Waals surface area contributed by atoms with Crippen molar-refractivity contribution >= 4 is 17.3 Å². The number of nitrogen functional groups attached to an aromatic ring is 1. The first-order chi connectivity index (χ1) is 9.70. The number of nitrogens with one attached hydrogen (secondary N) is 2. The van der Waals surface area contributed by atoms with Gasteiger partial charge < -0.3 is 16.4 Å². The molecule has 0 heterocycles. The van der Waals surface area contributed by atoms with Crippen molar-refractivity contribution in [3.63, 3.8) is 0 Å². The fourth-order valence-corrected chi connectivity index (χ4v) is 2.74. The van der Waals surface area contributed by atoms with Crippen molar-refractivity contribution in [2.24, 2.45) is 0 Å². The Hall–Kier alpha value is -1.71. The van der Waals surface area contributed by atoms with Crippen molar-refractivity contribution < 1.29 is 4.79 Å². The number of benzene rings is 1. The summed E-state index contributed by atoms with van der Waals surface area (Å²) in [4.78, 5) is 11.8. The minimum Gasteiger partial charge on any atom is -0.397 e. The first-order valence-corrected chi connectivity index (χ1v) is 7.65. The van der Waals surface area contributed by atoms with E-state index in [0.717, 1.165) is 5.69 Å². The number of hydrogen-bond donors (Lipinski definition) is 3. The van der Waals surface area contributed by atoms with E-state index < -0.39 is 0 Å². The largest absolute Gasteiger partial charge is 0.397 e. The van der Waals surface area contributed by atoms with E-state index in [1.165, 1.54) is 38.5 Å². The molecule has 2 rings (SSSR count). The summed E-state index contributed by atoms with van der Waals surface area (Å²) in [5.41, 5.74) is 8.29. The highest BCUT2D eigenvalue weighted by Crippen LogP contribution is 2.25. The van der Waals surface area contributed by atoms with E-state index in [2.05, 4.69) is 10.6 Å². The van der Waals surface area contributed by atoms with Gasteiger partial charge in [-0.1, -0.05) is 25.7 Å². The zero-order valence-corrected chi connectivity index (χ0v) is 12.2. The molecule has 0 aliphatic heterocycles. The van der Waals surface area contributed by atoms with Crippen molar-refractivity contribution in [3.05, 3.63) is 23.8 Å². The number of anilines is 2. The molecule has 1 amide bonds.